The number of nitrogen functional groups attached to an aromatic ring is 1. The molecule has 1 aromatic carbocycles. The summed E-state index contributed by atoms with van der Waals surface area (Å²) in [6.45, 7) is 0. The summed E-state index contributed by atoms with van der Waals surface area (Å²) in [7, 11) is 0. The number of aromatic nitrogens is 3. The number of rotatable bonds is 1. The smallest absolute Gasteiger partial charge is 0.278 e. The van der Waals surface area contributed by atoms with E-state index in [-0.39, 0.29) is 18.7 Å². The Morgan fingerprint density at radius 1 is 1.30 bits per heavy atom. The molecule has 2 heterocycles. The average molecular weight is 273 g/mol. The molecule has 2 aromatic rings. The van der Waals surface area contributed by atoms with Crippen molar-refractivity contribution in [2.45, 2.75) is 18.9 Å². The van der Waals surface area contributed by atoms with Crippen molar-refractivity contribution in [1.29, 1.82) is 0 Å². The van der Waals surface area contributed by atoms with Gasteiger partial charge in [-0.2, -0.15) is 4.68 Å². The van der Waals surface area contributed by atoms with Gasteiger partial charge in [0, 0.05) is 6.42 Å². The molecule has 20 heavy (non-hydrogen) atoms. The number of fused-ring (bicyclic) bond motifs is 1. The van der Waals surface area contributed by atoms with Gasteiger partial charge >= 0.3 is 0 Å². The van der Waals surface area contributed by atoms with Gasteiger partial charge in [0.15, 0.2) is 0 Å². The number of hydrogen-bond acceptors (Lipinski definition) is 6. The number of amides is 2. The molecular weight excluding hydrogens is 262 g/mol. The third-order valence-electron chi connectivity index (χ3n) is 3.25. The first kappa shape index (κ1) is 12.3. The molecule has 0 bridgehead atoms. The third kappa shape index (κ3) is 1.81. The molecule has 3 N–H and O–H groups in total. The van der Waals surface area contributed by atoms with Crippen LogP contribution in [0.5, 0.6) is 0 Å². The lowest BCUT2D eigenvalue weighted by Crippen LogP contribution is -2.45. The van der Waals surface area contributed by atoms with Gasteiger partial charge in [-0.05, 0) is 18.6 Å². The summed E-state index contributed by atoms with van der Waals surface area (Å²) in [5.41, 5.74) is 5.93. The molecular formula is C12H11N5O3. The number of benzene rings is 1. The summed E-state index contributed by atoms with van der Waals surface area (Å²) >= 11 is 0. The van der Waals surface area contributed by atoms with Crippen molar-refractivity contribution < 1.29 is 9.59 Å². The lowest BCUT2D eigenvalue weighted by molar-refractivity contribution is -0.136. The number of piperidine rings is 1. The Balaban J connectivity index is 2.14. The minimum atomic E-state index is -0.821. The van der Waals surface area contributed by atoms with Crippen molar-refractivity contribution in [3.05, 3.63) is 28.6 Å². The summed E-state index contributed by atoms with van der Waals surface area (Å²) in [6, 6.07) is 4.01. The predicted molar refractivity (Wildman–Crippen MR) is 69.6 cm³/mol. The van der Waals surface area contributed by atoms with Gasteiger partial charge in [0.1, 0.15) is 11.6 Å². The third-order valence-corrected chi connectivity index (χ3v) is 3.25. The van der Waals surface area contributed by atoms with Crippen molar-refractivity contribution in [2.75, 3.05) is 5.73 Å². The summed E-state index contributed by atoms with van der Waals surface area (Å²) in [6.07, 6.45) is 0.395. The van der Waals surface area contributed by atoms with E-state index >= 15 is 0 Å². The number of carbonyl (C=O) groups is 2. The van der Waals surface area contributed by atoms with Crippen molar-refractivity contribution in [3.63, 3.8) is 0 Å². The summed E-state index contributed by atoms with van der Waals surface area (Å²) < 4.78 is 1.00. The van der Waals surface area contributed by atoms with Crippen molar-refractivity contribution in [3.8, 4) is 0 Å². The standard InChI is InChI=1S/C12H11N5O3/c13-7-3-1-2-6-10(7)15-16-17(12(6)20)8-4-5-9(18)14-11(8)19/h1-3,8H,4-5,13H2,(H,14,18,19). The van der Waals surface area contributed by atoms with Crippen molar-refractivity contribution in [1.82, 2.24) is 20.3 Å². The van der Waals surface area contributed by atoms with Crippen molar-refractivity contribution in [2.24, 2.45) is 0 Å². The van der Waals surface area contributed by atoms with Gasteiger partial charge < -0.3 is 5.73 Å². The highest BCUT2D eigenvalue weighted by molar-refractivity contribution is 5.99. The molecule has 0 radical (unpaired) electrons. The fourth-order valence-electron chi connectivity index (χ4n) is 2.22. The molecule has 3 rings (SSSR count). The van der Waals surface area contributed by atoms with Crippen LogP contribution in [-0.2, 0) is 9.59 Å². The SMILES string of the molecule is Nc1cccc2c(=O)n(C3CCC(=O)NC3=O)nnc12. The molecule has 102 valence electrons. The average Bonchev–Trinajstić information content (AvgIpc) is 2.41. The maximum atomic E-state index is 12.3. The van der Waals surface area contributed by atoms with Crippen LogP contribution in [-0.4, -0.2) is 26.8 Å². The molecule has 1 aliphatic rings. The Morgan fingerprint density at radius 2 is 2.10 bits per heavy atom. The minimum Gasteiger partial charge on any atom is -0.397 e. The lowest BCUT2D eigenvalue weighted by atomic mass is 10.1. The normalized spacial score (nSPS) is 19.1. The molecule has 8 heteroatoms. The van der Waals surface area contributed by atoms with Gasteiger partial charge in [-0.15, -0.1) is 5.10 Å². The number of nitrogens with zero attached hydrogens (tertiary/aromatic N) is 3. The zero-order valence-corrected chi connectivity index (χ0v) is 10.4. The summed E-state index contributed by atoms with van der Waals surface area (Å²) in [5.74, 6) is -0.891. The molecule has 1 saturated heterocycles. The van der Waals surface area contributed by atoms with Crippen LogP contribution in [0.25, 0.3) is 10.9 Å². The topological polar surface area (TPSA) is 120 Å². The number of hydrogen-bond donors (Lipinski definition) is 2. The second kappa shape index (κ2) is 4.41. The van der Waals surface area contributed by atoms with E-state index in [1.54, 1.807) is 18.2 Å². The minimum absolute atomic E-state index is 0.166. The molecule has 8 nitrogen and oxygen atoms in total. The first-order chi connectivity index (χ1) is 9.58. The van der Waals surface area contributed by atoms with Gasteiger partial charge in [-0.3, -0.25) is 19.7 Å². The lowest BCUT2D eigenvalue weighted by Gasteiger charge is -2.21. The van der Waals surface area contributed by atoms with Crippen LogP contribution in [0, 0.1) is 0 Å². The van der Waals surface area contributed by atoms with E-state index in [1.807, 2.05) is 0 Å². The van der Waals surface area contributed by atoms with Gasteiger partial charge in [0.05, 0.1) is 11.1 Å². The van der Waals surface area contributed by atoms with Gasteiger partial charge in [0.25, 0.3) is 11.5 Å². The molecule has 1 aliphatic heterocycles. The Labute approximate surface area is 112 Å². The van der Waals surface area contributed by atoms with Crippen molar-refractivity contribution >= 4 is 28.4 Å². The van der Waals surface area contributed by atoms with E-state index in [4.69, 9.17) is 5.73 Å². The predicted octanol–water partition coefficient (Wildman–Crippen LogP) is -0.649. The quantitative estimate of drug-likeness (QED) is 0.526. The molecule has 0 saturated carbocycles. The number of anilines is 1. The van der Waals surface area contributed by atoms with E-state index < -0.39 is 17.5 Å². The Bertz CT molecular complexity index is 782. The summed E-state index contributed by atoms with van der Waals surface area (Å²) in [5, 5.41) is 10.1. The van der Waals surface area contributed by atoms with Gasteiger partial charge in [-0.1, -0.05) is 11.3 Å². The van der Waals surface area contributed by atoms with E-state index in [9.17, 15) is 14.4 Å². The largest absolute Gasteiger partial charge is 0.397 e. The molecule has 0 spiro atoms. The number of carbonyl (C=O) groups excluding carboxylic acids is 2. The highest BCUT2D eigenvalue weighted by Gasteiger charge is 2.30. The number of nitrogens with one attached hydrogen (secondary N) is 1. The fraction of sp³-hybridized carbons (Fsp3) is 0.250. The molecule has 1 fully saturated rings. The van der Waals surface area contributed by atoms with Crippen LogP contribution in [0.4, 0.5) is 5.69 Å². The van der Waals surface area contributed by atoms with Crippen LogP contribution >= 0.6 is 0 Å². The Kier molecular flexibility index (Phi) is 2.70. The van der Waals surface area contributed by atoms with E-state index in [0.717, 1.165) is 4.68 Å². The first-order valence-electron chi connectivity index (χ1n) is 6.05. The second-order valence-corrected chi connectivity index (χ2v) is 4.55. The van der Waals surface area contributed by atoms with Crippen LogP contribution in [0.15, 0.2) is 23.0 Å². The maximum Gasteiger partial charge on any atom is 0.278 e. The molecule has 1 atom stereocenters. The van der Waals surface area contributed by atoms with E-state index in [1.165, 1.54) is 0 Å². The molecule has 2 amide bonds. The zero-order valence-electron chi connectivity index (χ0n) is 10.4. The maximum absolute atomic E-state index is 12.3. The van der Waals surface area contributed by atoms with Crippen LogP contribution in [0.2, 0.25) is 0 Å². The monoisotopic (exact) mass is 273 g/mol. The fourth-order valence-corrected chi connectivity index (χ4v) is 2.22. The Morgan fingerprint density at radius 3 is 2.85 bits per heavy atom. The van der Waals surface area contributed by atoms with Crippen LogP contribution < -0.4 is 16.6 Å². The van der Waals surface area contributed by atoms with Crippen LogP contribution in [0.3, 0.4) is 0 Å². The molecule has 0 aliphatic carbocycles. The number of nitrogens with two attached hydrogens (primary N) is 1. The highest BCUT2D eigenvalue weighted by Crippen LogP contribution is 2.18. The highest BCUT2D eigenvalue weighted by atomic mass is 16.2. The first-order valence-corrected chi connectivity index (χ1v) is 6.05. The van der Waals surface area contributed by atoms with Crippen LogP contribution in [0.1, 0.15) is 18.9 Å². The number of imide groups is 1. The second-order valence-electron chi connectivity index (χ2n) is 4.55. The van der Waals surface area contributed by atoms with Gasteiger partial charge in [-0.25, -0.2) is 0 Å². The van der Waals surface area contributed by atoms with E-state index in [2.05, 4.69) is 15.6 Å². The molecule has 1 unspecified atom stereocenters. The van der Waals surface area contributed by atoms with E-state index in [0.29, 0.717) is 16.6 Å². The Hall–Kier alpha value is -2.77. The summed E-state index contributed by atoms with van der Waals surface area (Å²) in [4.78, 5) is 35.2. The van der Waals surface area contributed by atoms with Gasteiger partial charge in [0.2, 0.25) is 5.91 Å². The molecule has 1 aromatic heterocycles. The zero-order chi connectivity index (χ0) is 14.3.